The Morgan fingerprint density at radius 1 is 1.00 bits per heavy atom. The maximum atomic E-state index is 13.4. The number of hydrogen-bond donors (Lipinski definition) is 1. The molecule has 0 aliphatic carbocycles. The van der Waals surface area contributed by atoms with Gasteiger partial charge in [-0.25, -0.2) is 9.38 Å². The van der Waals surface area contributed by atoms with E-state index in [1.807, 2.05) is 30.3 Å². The van der Waals surface area contributed by atoms with Crippen LogP contribution in [0.3, 0.4) is 0 Å². The number of nitrogens with zero attached hydrogens (tertiary/aromatic N) is 1. The molecule has 0 aromatic heterocycles. The highest BCUT2D eigenvalue weighted by atomic mass is 32.2. The Morgan fingerprint density at radius 3 is 2.55 bits per heavy atom. The Kier molecular flexibility index (Phi) is 6.95. The van der Waals surface area contributed by atoms with E-state index in [0.717, 1.165) is 11.3 Å². The van der Waals surface area contributed by atoms with Crippen molar-refractivity contribution >= 4 is 34.6 Å². The molecule has 1 amide bonds. The number of nitrogens with one attached hydrogen (secondary N) is 1. The molecule has 33 heavy (non-hydrogen) atoms. The van der Waals surface area contributed by atoms with Crippen molar-refractivity contribution in [2.24, 2.45) is 4.99 Å². The summed E-state index contributed by atoms with van der Waals surface area (Å²) in [6, 6.07) is 18.8. The van der Waals surface area contributed by atoms with E-state index in [0.29, 0.717) is 32.8 Å². The molecule has 0 bridgehead atoms. The van der Waals surface area contributed by atoms with Gasteiger partial charge in [-0.2, -0.15) is 0 Å². The fourth-order valence-electron chi connectivity index (χ4n) is 3.09. The minimum Gasteiger partial charge on any atom is -0.497 e. The predicted molar refractivity (Wildman–Crippen MR) is 128 cm³/mol. The number of aliphatic imine (C=N–C) groups is 1. The number of methoxy groups -OCH3 is 2. The zero-order chi connectivity index (χ0) is 23.2. The van der Waals surface area contributed by atoms with Crippen LogP contribution in [0.1, 0.15) is 11.1 Å². The van der Waals surface area contributed by atoms with Crippen LogP contribution < -0.4 is 19.5 Å². The summed E-state index contributed by atoms with van der Waals surface area (Å²) in [5.41, 5.74) is 2.19. The summed E-state index contributed by atoms with van der Waals surface area (Å²) >= 11 is 1.26. The van der Waals surface area contributed by atoms with Gasteiger partial charge in [0.05, 0.1) is 24.8 Å². The van der Waals surface area contributed by atoms with Crippen LogP contribution in [0, 0.1) is 5.82 Å². The molecule has 3 aromatic carbocycles. The highest BCUT2D eigenvalue weighted by molar-refractivity contribution is 8.18. The van der Waals surface area contributed by atoms with Gasteiger partial charge in [0.15, 0.2) is 16.7 Å². The Labute approximate surface area is 195 Å². The maximum absolute atomic E-state index is 13.4. The van der Waals surface area contributed by atoms with Crippen molar-refractivity contribution in [3.8, 4) is 17.2 Å². The third-order valence-corrected chi connectivity index (χ3v) is 5.63. The lowest BCUT2D eigenvalue weighted by Crippen LogP contribution is -2.19. The van der Waals surface area contributed by atoms with Crippen LogP contribution in [-0.4, -0.2) is 25.3 Å². The average molecular weight is 465 g/mol. The fraction of sp³-hybridized carbons (Fsp3) is 0.120. The number of carbonyl (C=O) groups is 1. The van der Waals surface area contributed by atoms with E-state index < -0.39 is 0 Å². The van der Waals surface area contributed by atoms with Gasteiger partial charge in [-0.05, 0) is 77.5 Å². The van der Waals surface area contributed by atoms with Gasteiger partial charge >= 0.3 is 0 Å². The van der Waals surface area contributed by atoms with E-state index in [2.05, 4.69) is 10.3 Å². The topological polar surface area (TPSA) is 69.2 Å². The number of halogens is 1. The summed E-state index contributed by atoms with van der Waals surface area (Å²) in [5, 5.41) is 3.27. The number of rotatable bonds is 7. The molecule has 0 saturated carbocycles. The molecule has 1 saturated heterocycles. The van der Waals surface area contributed by atoms with Crippen LogP contribution in [0.2, 0.25) is 0 Å². The summed E-state index contributed by atoms with van der Waals surface area (Å²) < 4.78 is 29.7. The van der Waals surface area contributed by atoms with Crippen LogP contribution in [0.4, 0.5) is 10.1 Å². The zero-order valence-electron chi connectivity index (χ0n) is 18.0. The van der Waals surface area contributed by atoms with Gasteiger partial charge in [-0.1, -0.05) is 18.2 Å². The molecular weight excluding hydrogens is 443 g/mol. The molecule has 0 spiro atoms. The molecular formula is C25H21FN2O4S. The van der Waals surface area contributed by atoms with E-state index >= 15 is 0 Å². The summed E-state index contributed by atoms with van der Waals surface area (Å²) in [5.74, 6) is 1.23. The lowest BCUT2D eigenvalue weighted by molar-refractivity contribution is -0.115. The second-order valence-electron chi connectivity index (χ2n) is 7.01. The Morgan fingerprint density at radius 2 is 1.82 bits per heavy atom. The number of carbonyl (C=O) groups excluding carboxylic acids is 1. The van der Waals surface area contributed by atoms with E-state index in [1.54, 1.807) is 37.5 Å². The number of thioether (sulfide) groups is 1. The van der Waals surface area contributed by atoms with Gasteiger partial charge < -0.3 is 19.5 Å². The number of ether oxygens (including phenoxy) is 3. The molecule has 168 valence electrons. The van der Waals surface area contributed by atoms with E-state index in [4.69, 9.17) is 14.2 Å². The average Bonchev–Trinajstić information content (AvgIpc) is 3.16. The Balaban J connectivity index is 1.47. The first-order valence-electron chi connectivity index (χ1n) is 10.0. The van der Waals surface area contributed by atoms with Gasteiger partial charge in [-0.15, -0.1) is 0 Å². The van der Waals surface area contributed by atoms with Crippen LogP contribution in [0.5, 0.6) is 17.2 Å². The van der Waals surface area contributed by atoms with Crippen molar-refractivity contribution in [2.75, 3.05) is 14.2 Å². The molecule has 1 aliphatic heterocycles. The second-order valence-corrected chi connectivity index (χ2v) is 8.04. The highest BCUT2D eigenvalue weighted by Crippen LogP contribution is 2.33. The first-order chi connectivity index (χ1) is 16.0. The molecule has 0 unspecified atom stereocenters. The van der Waals surface area contributed by atoms with E-state index in [9.17, 15) is 9.18 Å². The summed E-state index contributed by atoms with van der Waals surface area (Å²) in [7, 11) is 3.14. The lowest BCUT2D eigenvalue weighted by atomic mass is 10.2. The Bertz CT molecular complexity index is 1230. The smallest absolute Gasteiger partial charge is 0.264 e. The number of amidine groups is 1. The van der Waals surface area contributed by atoms with Gasteiger partial charge in [0.1, 0.15) is 18.2 Å². The molecule has 4 rings (SSSR count). The predicted octanol–water partition coefficient (Wildman–Crippen LogP) is 5.31. The summed E-state index contributed by atoms with van der Waals surface area (Å²) in [6.45, 7) is 0.206. The number of hydrogen-bond acceptors (Lipinski definition) is 6. The highest BCUT2D eigenvalue weighted by Gasteiger charge is 2.24. The van der Waals surface area contributed by atoms with Crippen molar-refractivity contribution < 1.29 is 23.4 Å². The standard InChI is InChI=1S/C25H21FN2O4S/c1-30-20-9-7-19(8-10-20)27-25-28-24(29)23(33-25)14-16-6-11-21(22(13-16)31-2)32-15-17-4-3-5-18(26)12-17/h3-14H,15H2,1-2H3,(H,27,28,29)/b23-14+. The first kappa shape index (κ1) is 22.4. The monoisotopic (exact) mass is 464 g/mol. The minimum atomic E-state index is -0.313. The Hall–Kier alpha value is -3.78. The third kappa shape index (κ3) is 5.72. The molecule has 0 radical (unpaired) electrons. The van der Waals surface area contributed by atoms with Crippen molar-refractivity contribution in [1.29, 1.82) is 0 Å². The maximum Gasteiger partial charge on any atom is 0.264 e. The van der Waals surface area contributed by atoms with E-state index in [-0.39, 0.29) is 18.3 Å². The first-order valence-corrected chi connectivity index (χ1v) is 10.8. The van der Waals surface area contributed by atoms with Crippen molar-refractivity contribution in [1.82, 2.24) is 5.32 Å². The largest absolute Gasteiger partial charge is 0.497 e. The molecule has 1 N–H and O–H groups in total. The normalized spacial score (nSPS) is 15.5. The molecule has 1 heterocycles. The number of amides is 1. The molecule has 1 aliphatic rings. The van der Waals surface area contributed by atoms with Gasteiger partial charge in [0, 0.05) is 0 Å². The van der Waals surface area contributed by atoms with Crippen LogP contribution in [0.15, 0.2) is 76.6 Å². The zero-order valence-corrected chi connectivity index (χ0v) is 18.8. The fourth-order valence-corrected chi connectivity index (χ4v) is 3.93. The molecule has 6 nitrogen and oxygen atoms in total. The molecule has 8 heteroatoms. The van der Waals surface area contributed by atoms with Crippen LogP contribution in [-0.2, 0) is 11.4 Å². The minimum absolute atomic E-state index is 0.206. The van der Waals surface area contributed by atoms with Crippen molar-refractivity contribution in [3.05, 3.63) is 88.6 Å². The molecule has 0 atom stereocenters. The quantitative estimate of drug-likeness (QED) is 0.480. The van der Waals surface area contributed by atoms with Gasteiger partial charge in [0.25, 0.3) is 5.91 Å². The van der Waals surface area contributed by atoms with E-state index in [1.165, 1.54) is 31.0 Å². The number of benzene rings is 3. The third-order valence-electron chi connectivity index (χ3n) is 4.72. The van der Waals surface area contributed by atoms with Gasteiger partial charge in [0.2, 0.25) is 0 Å². The van der Waals surface area contributed by atoms with Crippen LogP contribution >= 0.6 is 11.8 Å². The molecule has 1 fully saturated rings. The molecule has 3 aromatic rings. The van der Waals surface area contributed by atoms with Crippen molar-refractivity contribution in [3.63, 3.8) is 0 Å². The SMILES string of the molecule is COc1ccc(N=C2NC(=O)/C(=C\c3ccc(OCc4cccc(F)c4)c(OC)c3)S2)cc1. The van der Waals surface area contributed by atoms with Gasteiger partial charge in [-0.3, -0.25) is 4.79 Å². The lowest BCUT2D eigenvalue weighted by Gasteiger charge is -2.11. The summed E-state index contributed by atoms with van der Waals surface area (Å²) in [6.07, 6.45) is 1.76. The summed E-state index contributed by atoms with van der Waals surface area (Å²) in [4.78, 5) is 17.4. The van der Waals surface area contributed by atoms with Crippen LogP contribution in [0.25, 0.3) is 6.08 Å². The van der Waals surface area contributed by atoms with Crippen molar-refractivity contribution in [2.45, 2.75) is 6.61 Å². The second kappa shape index (κ2) is 10.2.